The number of hydrogen-bond donors (Lipinski definition) is 1. The van der Waals surface area contributed by atoms with Crippen LogP contribution in [0.2, 0.25) is 0 Å². The van der Waals surface area contributed by atoms with Crippen LogP contribution < -0.4 is 10.5 Å². The molecular weight excluding hydrogens is 244 g/mol. The van der Waals surface area contributed by atoms with Gasteiger partial charge in [0.15, 0.2) is 0 Å². The predicted octanol–water partition coefficient (Wildman–Crippen LogP) is 2.51. The van der Waals surface area contributed by atoms with Crippen LogP contribution >= 0.6 is 0 Å². The summed E-state index contributed by atoms with van der Waals surface area (Å²) in [5.74, 6) is 1.48. The number of aromatic nitrogens is 3. The molecule has 6 heteroatoms. The first-order valence-electron chi connectivity index (χ1n) is 5.56. The Morgan fingerprint density at radius 1 is 1.05 bits per heavy atom. The second-order valence-electron chi connectivity index (χ2n) is 3.75. The lowest BCUT2D eigenvalue weighted by Gasteiger charge is -2.05. The molecule has 0 unspecified atom stereocenters. The van der Waals surface area contributed by atoms with Crippen LogP contribution in [0.25, 0.3) is 11.6 Å². The number of oxazole rings is 1. The fraction of sp³-hybridized carbons (Fsp3) is 0. The SMILES string of the molecule is Nc1ccc(Oc2cc(-c3ncco3)ncn2)cc1. The lowest BCUT2D eigenvalue weighted by atomic mass is 10.3. The Labute approximate surface area is 108 Å². The molecule has 0 fully saturated rings. The quantitative estimate of drug-likeness (QED) is 0.722. The summed E-state index contributed by atoms with van der Waals surface area (Å²) < 4.78 is 10.8. The van der Waals surface area contributed by atoms with E-state index in [2.05, 4.69) is 15.0 Å². The van der Waals surface area contributed by atoms with Gasteiger partial charge >= 0.3 is 0 Å². The summed E-state index contributed by atoms with van der Waals surface area (Å²) in [6.07, 6.45) is 4.43. The Balaban J connectivity index is 1.85. The number of rotatable bonds is 3. The summed E-state index contributed by atoms with van der Waals surface area (Å²) >= 11 is 0. The van der Waals surface area contributed by atoms with Crippen molar-refractivity contribution in [3.8, 4) is 23.2 Å². The van der Waals surface area contributed by atoms with Gasteiger partial charge in [0.25, 0.3) is 0 Å². The van der Waals surface area contributed by atoms with Crippen molar-refractivity contribution in [2.75, 3.05) is 5.73 Å². The van der Waals surface area contributed by atoms with Crippen molar-refractivity contribution in [1.82, 2.24) is 15.0 Å². The summed E-state index contributed by atoms with van der Waals surface area (Å²) in [7, 11) is 0. The molecule has 19 heavy (non-hydrogen) atoms. The highest BCUT2D eigenvalue weighted by Gasteiger charge is 2.07. The van der Waals surface area contributed by atoms with E-state index in [1.54, 1.807) is 36.5 Å². The Morgan fingerprint density at radius 2 is 1.89 bits per heavy atom. The second kappa shape index (κ2) is 4.77. The van der Waals surface area contributed by atoms with Crippen molar-refractivity contribution in [3.05, 3.63) is 49.1 Å². The van der Waals surface area contributed by atoms with Crippen LogP contribution in [0.3, 0.4) is 0 Å². The predicted molar refractivity (Wildman–Crippen MR) is 68.5 cm³/mol. The van der Waals surface area contributed by atoms with Gasteiger partial charge in [-0.25, -0.2) is 15.0 Å². The van der Waals surface area contributed by atoms with E-state index in [9.17, 15) is 0 Å². The van der Waals surface area contributed by atoms with E-state index in [1.807, 2.05) is 0 Å². The topological polar surface area (TPSA) is 87.1 Å². The van der Waals surface area contributed by atoms with Crippen LogP contribution in [0.15, 0.2) is 53.5 Å². The highest BCUT2D eigenvalue weighted by molar-refractivity contribution is 5.48. The third kappa shape index (κ3) is 2.52. The van der Waals surface area contributed by atoms with Crippen LogP contribution in [0.5, 0.6) is 11.6 Å². The van der Waals surface area contributed by atoms with Gasteiger partial charge in [0.05, 0.1) is 6.20 Å². The molecule has 0 amide bonds. The maximum atomic E-state index is 5.61. The zero-order valence-electron chi connectivity index (χ0n) is 9.85. The van der Waals surface area contributed by atoms with E-state index < -0.39 is 0 Å². The Kier molecular flexibility index (Phi) is 2.82. The summed E-state index contributed by atoms with van der Waals surface area (Å²) in [5, 5.41) is 0. The first-order valence-corrected chi connectivity index (χ1v) is 5.56. The first kappa shape index (κ1) is 11.2. The maximum absolute atomic E-state index is 5.61. The number of benzene rings is 1. The van der Waals surface area contributed by atoms with E-state index in [0.717, 1.165) is 0 Å². The monoisotopic (exact) mass is 254 g/mol. The number of anilines is 1. The van der Waals surface area contributed by atoms with Gasteiger partial charge in [0.1, 0.15) is 24.0 Å². The number of nitrogens with zero attached hydrogens (tertiary/aromatic N) is 3. The maximum Gasteiger partial charge on any atom is 0.245 e. The minimum atomic E-state index is 0.410. The molecule has 0 aliphatic carbocycles. The molecule has 1 aromatic carbocycles. The lowest BCUT2D eigenvalue weighted by Crippen LogP contribution is -1.92. The van der Waals surface area contributed by atoms with Crippen LogP contribution in [0.4, 0.5) is 5.69 Å². The van der Waals surface area contributed by atoms with Gasteiger partial charge in [-0.1, -0.05) is 0 Å². The molecule has 0 aliphatic rings. The fourth-order valence-electron chi connectivity index (χ4n) is 1.52. The van der Waals surface area contributed by atoms with E-state index in [0.29, 0.717) is 28.9 Å². The summed E-state index contributed by atoms with van der Waals surface area (Å²) in [6.45, 7) is 0. The highest BCUT2D eigenvalue weighted by atomic mass is 16.5. The molecule has 2 aromatic heterocycles. The number of nitrogen functional groups attached to an aromatic ring is 1. The first-order chi connectivity index (χ1) is 9.31. The fourth-order valence-corrected chi connectivity index (χ4v) is 1.52. The van der Waals surface area contributed by atoms with Gasteiger partial charge in [-0.15, -0.1) is 0 Å². The average molecular weight is 254 g/mol. The minimum Gasteiger partial charge on any atom is -0.443 e. The third-order valence-electron chi connectivity index (χ3n) is 2.40. The van der Waals surface area contributed by atoms with E-state index in [4.69, 9.17) is 14.9 Å². The summed E-state index contributed by atoms with van der Waals surface area (Å²) in [4.78, 5) is 12.1. The van der Waals surface area contributed by atoms with Gasteiger partial charge < -0.3 is 14.9 Å². The minimum absolute atomic E-state index is 0.410. The van der Waals surface area contributed by atoms with Crippen molar-refractivity contribution in [2.45, 2.75) is 0 Å². The van der Waals surface area contributed by atoms with Gasteiger partial charge in [-0.3, -0.25) is 0 Å². The molecule has 3 rings (SSSR count). The van der Waals surface area contributed by atoms with Crippen LogP contribution in [-0.2, 0) is 0 Å². The smallest absolute Gasteiger partial charge is 0.245 e. The van der Waals surface area contributed by atoms with Gasteiger partial charge in [0, 0.05) is 11.8 Å². The number of ether oxygens (including phenoxy) is 1. The second-order valence-corrected chi connectivity index (χ2v) is 3.75. The molecule has 6 nitrogen and oxygen atoms in total. The zero-order valence-corrected chi connectivity index (χ0v) is 9.85. The molecule has 0 radical (unpaired) electrons. The van der Waals surface area contributed by atoms with Crippen molar-refractivity contribution in [2.24, 2.45) is 0 Å². The van der Waals surface area contributed by atoms with Crippen molar-refractivity contribution >= 4 is 5.69 Å². The largest absolute Gasteiger partial charge is 0.443 e. The van der Waals surface area contributed by atoms with Crippen molar-refractivity contribution in [3.63, 3.8) is 0 Å². The molecule has 2 N–H and O–H groups in total. The van der Waals surface area contributed by atoms with Gasteiger partial charge in [-0.05, 0) is 24.3 Å². The number of nitrogens with two attached hydrogens (primary N) is 1. The van der Waals surface area contributed by atoms with E-state index >= 15 is 0 Å². The highest BCUT2D eigenvalue weighted by Crippen LogP contribution is 2.23. The van der Waals surface area contributed by atoms with Crippen molar-refractivity contribution < 1.29 is 9.15 Å². The zero-order chi connectivity index (χ0) is 13.1. The van der Waals surface area contributed by atoms with Crippen LogP contribution in [-0.4, -0.2) is 15.0 Å². The van der Waals surface area contributed by atoms with Crippen LogP contribution in [0, 0.1) is 0 Å². The normalized spacial score (nSPS) is 10.3. The lowest BCUT2D eigenvalue weighted by molar-refractivity contribution is 0.461. The summed E-state index contributed by atoms with van der Waals surface area (Å²) in [5.41, 5.74) is 6.84. The number of hydrogen-bond acceptors (Lipinski definition) is 6. The molecule has 0 saturated heterocycles. The Bertz CT molecular complexity index is 665. The molecule has 0 aliphatic heterocycles. The summed E-state index contributed by atoms with van der Waals surface area (Å²) in [6, 6.07) is 8.70. The molecule has 0 atom stereocenters. The van der Waals surface area contributed by atoms with E-state index in [-0.39, 0.29) is 0 Å². The van der Waals surface area contributed by atoms with Gasteiger partial charge in [0.2, 0.25) is 11.8 Å². The standard InChI is InChI=1S/C13H10N4O2/c14-9-1-3-10(4-2-9)19-12-7-11(16-8-17-12)13-15-5-6-18-13/h1-8H,14H2. The Hall–Kier alpha value is -2.89. The Morgan fingerprint density at radius 3 is 2.63 bits per heavy atom. The molecule has 0 spiro atoms. The van der Waals surface area contributed by atoms with E-state index in [1.165, 1.54) is 12.6 Å². The molecular formula is C13H10N4O2. The molecule has 0 bridgehead atoms. The molecule has 3 aromatic rings. The van der Waals surface area contributed by atoms with Crippen molar-refractivity contribution in [1.29, 1.82) is 0 Å². The molecule has 0 saturated carbocycles. The molecule has 94 valence electrons. The van der Waals surface area contributed by atoms with Gasteiger partial charge in [-0.2, -0.15) is 0 Å². The molecule has 2 heterocycles. The third-order valence-corrected chi connectivity index (χ3v) is 2.40. The average Bonchev–Trinajstić information content (AvgIpc) is 2.96. The van der Waals surface area contributed by atoms with Crippen LogP contribution in [0.1, 0.15) is 0 Å².